The van der Waals surface area contributed by atoms with Crippen LogP contribution < -0.4 is 5.32 Å². The second kappa shape index (κ2) is 6.75. The zero-order chi connectivity index (χ0) is 15.6. The standard InChI is InChI=1S/C17H30N2O3/c1-2-3-9-19(10-5-11-20)16(21)18-14-13-6-12-22-15(13)17(14)7-4-8-17/h13-15,20H,2-12H2,1H3,(H,18,21). The summed E-state index contributed by atoms with van der Waals surface area (Å²) in [6.45, 7) is 4.56. The van der Waals surface area contributed by atoms with Gasteiger partial charge in [-0.25, -0.2) is 4.79 Å². The normalized spacial score (nSPS) is 31.3. The molecule has 1 aliphatic heterocycles. The Kier molecular flexibility index (Phi) is 4.93. The van der Waals surface area contributed by atoms with Gasteiger partial charge in [-0.1, -0.05) is 19.8 Å². The molecule has 0 aromatic rings. The number of ether oxygens (including phenoxy) is 1. The molecule has 5 heteroatoms. The van der Waals surface area contributed by atoms with E-state index >= 15 is 0 Å². The third-order valence-electron chi connectivity index (χ3n) is 5.97. The molecule has 5 nitrogen and oxygen atoms in total. The van der Waals surface area contributed by atoms with E-state index in [1.807, 2.05) is 4.90 Å². The quantitative estimate of drug-likeness (QED) is 0.757. The van der Waals surface area contributed by atoms with E-state index in [0.717, 1.165) is 32.4 Å². The summed E-state index contributed by atoms with van der Waals surface area (Å²) >= 11 is 0. The Labute approximate surface area is 133 Å². The predicted molar refractivity (Wildman–Crippen MR) is 84.6 cm³/mol. The molecule has 126 valence electrons. The van der Waals surface area contributed by atoms with Crippen molar-refractivity contribution in [2.75, 3.05) is 26.3 Å². The molecular weight excluding hydrogens is 280 g/mol. The monoisotopic (exact) mass is 310 g/mol. The van der Waals surface area contributed by atoms with Crippen LogP contribution in [0.5, 0.6) is 0 Å². The fourth-order valence-corrected chi connectivity index (χ4v) is 4.61. The number of amides is 2. The molecule has 1 spiro atoms. The van der Waals surface area contributed by atoms with Gasteiger partial charge < -0.3 is 20.1 Å². The van der Waals surface area contributed by atoms with Gasteiger partial charge in [-0.05, 0) is 32.1 Å². The van der Waals surface area contributed by atoms with E-state index in [1.165, 1.54) is 19.3 Å². The van der Waals surface area contributed by atoms with E-state index in [1.54, 1.807) is 0 Å². The first-order valence-corrected chi connectivity index (χ1v) is 9.01. The molecule has 0 radical (unpaired) electrons. The van der Waals surface area contributed by atoms with E-state index in [0.29, 0.717) is 31.0 Å². The maximum absolute atomic E-state index is 12.7. The SMILES string of the molecule is CCCCN(CCCO)C(=O)NC1C2CCOC2C12CCC2. The van der Waals surface area contributed by atoms with Gasteiger partial charge in [0.25, 0.3) is 0 Å². The van der Waals surface area contributed by atoms with Gasteiger partial charge in [-0.2, -0.15) is 0 Å². The van der Waals surface area contributed by atoms with Gasteiger partial charge in [-0.15, -0.1) is 0 Å². The van der Waals surface area contributed by atoms with Crippen molar-refractivity contribution in [1.82, 2.24) is 10.2 Å². The molecule has 2 aliphatic carbocycles. The van der Waals surface area contributed by atoms with Gasteiger partial charge in [0.05, 0.1) is 6.10 Å². The highest BCUT2D eigenvalue weighted by molar-refractivity contribution is 5.75. The molecule has 2 amide bonds. The van der Waals surface area contributed by atoms with Crippen molar-refractivity contribution in [1.29, 1.82) is 0 Å². The van der Waals surface area contributed by atoms with Crippen LogP contribution >= 0.6 is 0 Å². The number of unbranched alkanes of at least 4 members (excludes halogenated alkanes) is 1. The molecule has 3 atom stereocenters. The van der Waals surface area contributed by atoms with Gasteiger partial charge in [-0.3, -0.25) is 0 Å². The summed E-state index contributed by atoms with van der Waals surface area (Å²) in [5, 5.41) is 12.4. The molecule has 22 heavy (non-hydrogen) atoms. The number of fused-ring (bicyclic) bond motifs is 2. The van der Waals surface area contributed by atoms with E-state index < -0.39 is 0 Å². The molecule has 1 heterocycles. The second-order valence-electron chi connectivity index (χ2n) is 7.18. The van der Waals surface area contributed by atoms with E-state index in [9.17, 15) is 4.79 Å². The van der Waals surface area contributed by atoms with Crippen molar-refractivity contribution in [2.24, 2.45) is 11.3 Å². The third kappa shape index (κ3) is 2.62. The number of hydrogen-bond acceptors (Lipinski definition) is 3. The lowest BCUT2D eigenvalue weighted by Crippen LogP contribution is -2.72. The van der Waals surface area contributed by atoms with Crippen molar-refractivity contribution < 1.29 is 14.6 Å². The average Bonchev–Trinajstić information content (AvgIpc) is 2.88. The van der Waals surface area contributed by atoms with Crippen molar-refractivity contribution in [2.45, 2.75) is 64.0 Å². The number of aliphatic hydroxyl groups excluding tert-OH is 1. The topological polar surface area (TPSA) is 61.8 Å². The van der Waals surface area contributed by atoms with Crippen LogP contribution in [-0.2, 0) is 4.74 Å². The van der Waals surface area contributed by atoms with Crippen molar-refractivity contribution in [3.63, 3.8) is 0 Å². The minimum atomic E-state index is 0.0588. The first-order chi connectivity index (χ1) is 10.7. The maximum atomic E-state index is 12.7. The summed E-state index contributed by atoms with van der Waals surface area (Å²) in [5.41, 5.74) is 0.240. The highest BCUT2D eigenvalue weighted by atomic mass is 16.5. The maximum Gasteiger partial charge on any atom is 0.317 e. The largest absolute Gasteiger partial charge is 0.396 e. The van der Waals surface area contributed by atoms with Crippen LogP contribution in [0.25, 0.3) is 0 Å². The molecule has 2 N–H and O–H groups in total. The van der Waals surface area contributed by atoms with E-state index in [-0.39, 0.29) is 18.1 Å². The number of urea groups is 1. The van der Waals surface area contributed by atoms with Gasteiger partial charge in [0.2, 0.25) is 0 Å². The molecule has 2 saturated carbocycles. The van der Waals surface area contributed by atoms with Gasteiger partial charge in [0, 0.05) is 43.7 Å². The van der Waals surface area contributed by atoms with Crippen LogP contribution in [0.15, 0.2) is 0 Å². The Balaban J connectivity index is 1.59. The number of hydrogen-bond donors (Lipinski definition) is 2. The van der Waals surface area contributed by atoms with Crippen LogP contribution in [0.2, 0.25) is 0 Å². The van der Waals surface area contributed by atoms with Crippen LogP contribution in [0.4, 0.5) is 4.79 Å². The summed E-state index contributed by atoms with van der Waals surface area (Å²) in [6.07, 6.45) is 7.90. The molecule has 3 unspecified atom stereocenters. The van der Waals surface area contributed by atoms with Crippen molar-refractivity contribution in [3.8, 4) is 0 Å². The Bertz CT molecular complexity index is 389. The number of nitrogens with zero attached hydrogens (tertiary/aromatic N) is 1. The average molecular weight is 310 g/mol. The molecule has 3 rings (SSSR count). The smallest absolute Gasteiger partial charge is 0.317 e. The molecular formula is C17H30N2O3. The Morgan fingerprint density at radius 1 is 1.36 bits per heavy atom. The summed E-state index contributed by atoms with van der Waals surface area (Å²) in [6, 6.07) is 0.364. The number of aliphatic hydroxyl groups is 1. The van der Waals surface area contributed by atoms with Crippen molar-refractivity contribution >= 4 is 6.03 Å². The van der Waals surface area contributed by atoms with E-state index in [4.69, 9.17) is 9.84 Å². The van der Waals surface area contributed by atoms with Gasteiger partial charge in [0.15, 0.2) is 0 Å². The highest BCUT2D eigenvalue weighted by Gasteiger charge is 2.67. The number of carbonyl (C=O) groups is 1. The first kappa shape index (κ1) is 16.1. The predicted octanol–water partition coefficient (Wildman–Crippen LogP) is 2.14. The van der Waals surface area contributed by atoms with Crippen LogP contribution in [0.1, 0.15) is 51.9 Å². The third-order valence-corrected chi connectivity index (χ3v) is 5.97. The van der Waals surface area contributed by atoms with E-state index in [2.05, 4.69) is 12.2 Å². The summed E-state index contributed by atoms with van der Waals surface area (Å²) < 4.78 is 5.91. The summed E-state index contributed by atoms with van der Waals surface area (Å²) in [5.74, 6) is 0.523. The van der Waals surface area contributed by atoms with Gasteiger partial charge >= 0.3 is 6.03 Å². The molecule has 1 saturated heterocycles. The summed E-state index contributed by atoms with van der Waals surface area (Å²) in [7, 11) is 0. The minimum Gasteiger partial charge on any atom is -0.396 e. The number of nitrogens with one attached hydrogen (secondary N) is 1. The molecule has 0 aromatic heterocycles. The van der Waals surface area contributed by atoms with Crippen molar-refractivity contribution in [3.05, 3.63) is 0 Å². The van der Waals surface area contributed by atoms with Gasteiger partial charge in [0.1, 0.15) is 0 Å². The Hall–Kier alpha value is -0.810. The number of carbonyl (C=O) groups excluding carboxylic acids is 1. The fourth-order valence-electron chi connectivity index (χ4n) is 4.61. The highest BCUT2D eigenvalue weighted by Crippen LogP contribution is 2.62. The molecule has 0 bridgehead atoms. The fraction of sp³-hybridized carbons (Fsp3) is 0.941. The van der Waals surface area contributed by atoms with Crippen LogP contribution in [0, 0.1) is 11.3 Å². The molecule has 3 aliphatic rings. The zero-order valence-electron chi connectivity index (χ0n) is 13.7. The van der Waals surface area contributed by atoms with Crippen LogP contribution in [0.3, 0.4) is 0 Å². The summed E-state index contributed by atoms with van der Waals surface area (Å²) in [4.78, 5) is 14.6. The Morgan fingerprint density at radius 2 is 2.14 bits per heavy atom. The Morgan fingerprint density at radius 3 is 2.77 bits per heavy atom. The first-order valence-electron chi connectivity index (χ1n) is 9.01. The lowest BCUT2D eigenvalue weighted by Gasteiger charge is -2.63. The molecule has 0 aromatic carbocycles. The van der Waals surface area contributed by atoms with Crippen LogP contribution in [-0.4, -0.2) is 54.5 Å². The number of rotatable bonds is 7. The lowest BCUT2D eigenvalue weighted by atomic mass is 9.46. The zero-order valence-corrected chi connectivity index (χ0v) is 13.7. The minimum absolute atomic E-state index is 0.0588. The second-order valence-corrected chi connectivity index (χ2v) is 7.18. The molecule has 3 fully saturated rings. The lowest BCUT2D eigenvalue weighted by molar-refractivity contribution is -0.172.